The minimum atomic E-state index is 0. The van der Waals surface area contributed by atoms with Gasteiger partial charge in [-0.1, -0.05) is 12.8 Å². The first-order valence-electron chi connectivity index (χ1n) is 9.31. The van der Waals surface area contributed by atoms with Crippen LogP contribution in [0.1, 0.15) is 50.2 Å². The molecule has 0 atom stereocenters. The Kier molecular flexibility index (Phi) is 8.11. The van der Waals surface area contributed by atoms with Crippen LogP contribution in [-0.4, -0.2) is 57.2 Å². The Labute approximate surface area is 172 Å². The molecule has 0 radical (unpaired) electrons. The maximum Gasteiger partial charge on any atom is 0.241 e. The number of hydrogen-bond donors (Lipinski definition) is 2. The number of likely N-dealkylation sites (tertiary alicyclic amines) is 1. The lowest BCUT2D eigenvalue weighted by atomic mass is 10.2. The lowest BCUT2D eigenvalue weighted by molar-refractivity contribution is -0.128. The van der Waals surface area contributed by atoms with E-state index in [0.717, 1.165) is 50.4 Å². The summed E-state index contributed by atoms with van der Waals surface area (Å²) in [5, 5.41) is 14.9. The van der Waals surface area contributed by atoms with Gasteiger partial charge in [-0.25, -0.2) is 4.99 Å². The van der Waals surface area contributed by atoms with Crippen LogP contribution in [0.2, 0.25) is 0 Å². The van der Waals surface area contributed by atoms with E-state index in [9.17, 15) is 4.79 Å². The first kappa shape index (κ1) is 20.9. The molecular weight excluding hydrogens is 445 g/mol. The zero-order chi connectivity index (χ0) is 17.6. The van der Waals surface area contributed by atoms with E-state index < -0.39 is 0 Å². The molecule has 26 heavy (non-hydrogen) atoms. The number of amides is 1. The molecule has 0 unspecified atom stereocenters. The summed E-state index contributed by atoms with van der Waals surface area (Å²) in [4.78, 5) is 18.8. The van der Waals surface area contributed by atoms with Crippen molar-refractivity contribution < 1.29 is 4.79 Å². The Balaban J connectivity index is 0.00000243. The molecule has 1 saturated heterocycles. The van der Waals surface area contributed by atoms with E-state index in [1.807, 2.05) is 23.4 Å². The van der Waals surface area contributed by atoms with E-state index in [1.165, 1.54) is 12.8 Å². The minimum absolute atomic E-state index is 0. The van der Waals surface area contributed by atoms with Crippen molar-refractivity contribution in [2.24, 2.45) is 12.0 Å². The molecule has 1 saturated carbocycles. The molecule has 8 nitrogen and oxygen atoms in total. The highest BCUT2D eigenvalue weighted by molar-refractivity contribution is 14.0. The summed E-state index contributed by atoms with van der Waals surface area (Å²) in [5.74, 6) is 2.52. The van der Waals surface area contributed by atoms with Crippen LogP contribution in [0, 0.1) is 6.92 Å². The number of nitrogens with zero attached hydrogens (tertiary/aromatic N) is 5. The van der Waals surface area contributed by atoms with Crippen molar-refractivity contribution in [3.8, 4) is 0 Å². The fourth-order valence-electron chi connectivity index (χ4n) is 3.39. The van der Waals surface area contributed by atoms with Gasteiger partial charge >= 0.3 is 0 Å². The molecule has 3 rings (SSSR count). The molecule has 2 aliphatic rings. The summed E-state index contributed by atoms with van der Waals surface area (Å²) < 4.78 is 1.94. The van der Waals surface area contributed by atoms with Gasteiger partial charge < -0.3 is 20.1 Å². The highest BCUT2D eigenvalue weighted by Gasteiger charge is 2.20. The fraction of sp³-hybridized carbons (Fsp3) is 0.765. The molecule has 0 bridgehead atoms. The highest BCUT2D eigenvalue weighted by Crippen LogP contribution is 2.17. The van der Waals surface area contributed by atoms with Crippen LogP contribution in [0.25, 0.3) is 0 Å². The average Bonchev–Trinajstić information content (AvgIpc) is 3.35. The fourth-order valence-corrected chi connectivity index (χ4v) is 3.39. The monoisotopic (exact) mass is 475 g/mol. The maximum atomic E-state index is 12.3. The molecule has 2 heterocycles. The van der Waals surface area contributed by atoms with Crippen LogP contribution >= 0.6 is 24.0 Å². The van der Waals surface area contributed by atoms with Gasteiger partial charge in [-0.2, -0.15) is 0 Å². The summed E-state index contributed by atoms with van der Waals surface area (Å²) in [6.07, 6.45) is 7.03. The summed E-state index contributed by atoms with van der Waals surface area (Å²) in [6, 6.07) is 0.439. The third kappa shape index (κ3) is 5.55. The molecule has 1 aromatic rings. The number of aromatic nitrogens is 3. The Morgan fingerprint density at radius 1 is 1.19 bits per heavy atom. The van der Waals surface area contributed by atoms with E-state index >= 15 is 0 Å². The van der Waals surface area contributed by atoms with Gasteiger partial charge in [0.25, 0.3) is 0 Å². The van der Waals surface area contributed by atoms with Crippen LogP contribution < -0.4 is 10.6 Å². The lowest BCUT2D eigenvalue weighted by Crippen LogP contribution is -2.46. The molecule has 146 valence electrons. The van der Waals surface area contributed by atoms with Gasteiger partial charge in [0.05, 0.1) is 6.54 Å². The van der Waals surface area contributed by atoms with Gasteiger partial charge in [0.1, 0.15) is 12.4 Å². The van der Waals surface area contributed by atoms with Gasteiger partial charge in [-0.15, -0.1) is 34.2 Å². The zero-order valence-corrected chi connectivity index (χ0v) is 18.0. The molecule has 2 N–H and O–H groups in total. The predicted molar refractivity (Wildman–Crippen MR) is 112 cm³/mol. The summed E-state index contributed by atoms with van der Waals surface area (Å²) in [6.45, 7) is 4.40. The smallest absolute Gasteiger partial charge is 0.241 e. The highest BCUT2D eigenvalue weighted by atomic mass is 127. The quantitative estimate of drug-likeness (QED) is 0.382. The Hall–Kier alpha value is -1.39. The van der Waals surface area contributed by atoms with Crippen LogP contribution in [0.3, 0.4) is 0 Å². The van der Waals surface area contributed by atoms with E-state index in [4.69, 9.17) is 0 Å². The van der Waals surface area contributed by atoms with Gasteiger partial charge in [-0.05, 0) is 32.6 Å². The van der Waals surface area contributed by atoms with Crippen molar-refractivity contribution in [3.63, 3.8) is 0 Å². The number of guanidine groups is 1. The number of aliphatic imine (C=N–C) groups is 1. The molecule has 1 amide bonds. The van der Waals surface area contributed by atoms with Crippen molar-refractivity contribution in [2.45, 2.75) is 58.0 Å². The van der Waals surface area contributed by atoms with Crippen molar-refractivity contribution in [2.75, 3.05) is 19.6 Å². The largest absolute Gasteiger partial charge is 0.354 e. The van der Waals surface area contributed by atoms with Crippen LogP contribution in [0.5, 0.6) is 0 Å². The zero-order valence-electron chi connectivity index (χ0n) is 15.7. The third-order valence-corrected chi connectivity index (χ3v) is 5.12. The van der Waals surface area contributed by atoms with Crippen LogP contribution in [0.4, 0.5) is 0 Å². The number of rotatable bonds is 5. The average molecular weight is 475 g/mol. The molecular formula is C17H30IN7O. The first-order valence-corrected chi connectivity index (χ1v) is 9.31. The molecule has 1 aliphatic carbocycles. The molecule has 0 spiro atoms. The van der Waals surface area contributed by atoms with Gasteiger partial charge in [0, 0.05) is 26.2 Å². The Bertz CT molecular complexity index is 619. The third-order valence-electron chi connectivity index (χ3n) is 5.12. The second-order valence-electron chi connectivity index (χ2n) is 6.95. The normalized spacial score (nSPS) is 18.1. The van der Waals surface area contributed by atoms with E-state index in [-0.39, 0.29) is 36.4 Å². The number of aryl methyl sites for hydroxylation is 1. The second-order valence-corrected chi connectivity index (χ2v) is 6.95. The first-order chi connectivity index (χ1) is 12.1. The number of carbonyl (C=O) groups is 1. The summed E-state index contributed by atoms with van der Waals surface area (Å²) in [7, 11) is 1.94. The van der Waals surface area contributed by atoms with E-state index in [1.54, 1.807) is 0 Å². The van der Waals surface area contributed by atoms with Crippen LogP contribution in [0.15, 0.2) is 4.99 Å². The molecule has 9 heteroatoms. The Morgan fingerprint density at radius 2 is 1.88 bits per heavy atom. The lowest BCUT2D eigenvalue weighted by Gasteiger charge is -2.19. The van der Waals surface area contributed by atoms with Gasteiger partial charge in [0.2, 0.25) is 5.91 Å². The summed E-state index contributed by atoms with van der Waals surface area (Å²) in [5.41, 5.74) is 0. The Morgan fingerprint density at radius 3 is 2.50 bits per heavy atom. The van der Waals surface area contributed by atoms with E-state index in [2.05, 4.69) is 25.8 Å². The molecule has 1 aromatic heterocycles. The van der Waals surface area contributed by atoms with Crippen molar-refractivity contribution in [1.29, 1.82) is 0 Å². The minimum Gasteiger partial charge on any atom is -0.354 e. The van der Waals surface area contributed by atoms with Crippen molar-refractivity contribution in [1.82, 2.24) is 30.3 Å². The topological polar surface area (TPSA) is 87.4 Å². The number of hydrogen-bond acceptors (Lipinski definition) is 4. The number of nitrogens with one attached hydrogen (secondary N) is 2. The maximum absolute atomic E-state index is 12.3. The molecule has 2 fully saturated rings. The number of carbonyl (C=O) groups excluding carboxylic acids is 1. The second kappa shape index (κ2) is 10.1. The molecule has 1 aliphatic heterocycles. The SMILES string of the molecule is Cc1nnc(CN=C(NCC(=O)N2CCCC2)NC2CCCC2)n1C.I. The molecule has 0 aromatic carbocycles. The van der Waals surface area contributed by atoms with Gasteiger partial charge in [-0.3, -0.25) is 4.79 Å². The van der Waals surface area contributed by atoms with Crippen molar-refractivity contribution in [3.05, 3.63) is 11.6 Å². The van der Waals surface area contributed by atoms with Gasteiger partial charge in [0.15, 0.2) is 11.8 Å². The van der Waals surface area contributed by atoms with Crippen molar-refractivity contribution >= 4 is 35.8 Å². The van der Waals surface area contributed by atoms with E-state index in [0.29, 0.717) is 18.5 Å². The number of halogens is 1. The predicted octanol–water partition coefficient (Wildman–Crippen LogP) is 1.34. The summed E-state index contributed by atoms with van der Waals surface area (Å²) >= 11 is 0. The van der Waals surface area contributed by atoms with Crippen LogP contribution in [-0.2, 0) is 18.4 Å². The standard InChI is InChI=1S/C17H29N7O.HI/c1-13-21-22-15(23(13)2)11-18-17(20-14-7-3-4-8-14)19-12-16(25)24-9-5-6-10-24;/h14H,3-12H2,1-2H3,(H2,18,19,20);1H.